The van der Waals surface area contributed by atoms with Gasteiger partial charge in [0.1, 0.15) is 12.1 Å². The number of alkyl halides is 6. The smallest absolute Gasteiger partial charge is 0.298 e. The normalized spacial score (nSPS) is 12.6. The molecular formula is C9H3F7O. The molecule has 17 heavy (non-hydrogen) atoms. The SMILES string of the molecule is O=Cc1cc(C(F)(F)F)c(F)c(C(F)(F)F)c1. The zero-order valence-electron chi connectivity index (χ0n) is 7.79. The van der Waals surface area contributed by atoms with Gasteiger partial charge in [0.05, 0.1) is 11.1 Å². The summed E-state index contributed by atoms with van der Waals surface area (Å²) in [4.78, 5) is 10.2. The molecule has 1 aromatic rings. The third kappa shape index (κ3) is 2.75. The van der Waals surface area contributed by atoms with Crippen LogP contribution in [0.4, 0.5) is 30.7 Å². The van der Waals surface area contributed by atoms with E-state index in [0.717, 1.165) is 0 Å². The Bertz CT molecular complexity index is 409. The zero-order valence-corrected chi connectivity index (χ0v) is 7.79. The molecule has 0 unspecified atom stereocenters. The van der Waals surface area contributed by atoms with Crippen molar-refractivity contribution in [1.29, 1.82) is 0 Å². The van der Waals surface area contributed by atoms with Crippen molar-refractivity contribution in [3.8, 4) is 0 Å². The number of rotatable bonds is 1. The second-order valence-corrected chi connectivity index (χ2v) is 3.04. The molecule has 0 heterocycles. The molecule has 1 rings (SSSR count). The Morgan fingerprint density at radius 3 is 1.47 bits per heavy atom. The van der Waals surface area contributed by atoms with E-state index < -0.39 is 34.9 Å². The summed E-state index contributed by atoms with van der Waals surface area (Å²) in [5.74, 6) is -2.43. The molecule has 0 amide bonds. The molecule has 1 aromatic carbocycles. The van der Waals surface area contributed by atoms with Gasteiger partial charge in [0.15, 0.2) is 0 Å². The molecular weight excluding hydrogens is 257 g/mol. The van der Waals surface area contributed by atoms with E-state index >= 15 is 0 Å². The zero-order chi connectivity index (χ0) is 13.4. The summed E-state index contributed by atoms with van der Waals surface area (Å²) in [6.07, 6.45) is -10.8. The van der Waals surface area contributed by atoms with Gasteiger partial charge in [0.2, 0.25) is 0 Å². The number of carbonyl (C=O) groups excluding carboxylic acids is 1. The number of aldehydes is 1. The Kier molecular flexibility index (Phi) is 3.17. The molecule has 0 bridgehead atoms. The summed E-state index contributed by atoms with van der Waals surface area (Å²) in [6, 6.07) is 0.0507. The van der Waals surface area contributed by atoms with Crippen LogP contribution in [-0.2, 0) is 12.4 Å². The monoisotopic (exact) mass is 260 g/mol. The van der Waals surface area contributed by atoms with E-state index in [0.29, 0.717) is 0 Å². The van der Waals surface area contributed by atoms with Crippen LogP contribution in [0.5, 0.6) is 0 Å². The van der Waals surface area contributed by atoms with Crippen molar-refractivity contribution in [2.75, 3.05) is 0 Å². The molecule has 0 N–H and O–H groups in total. The molecule has 8 heteroatoms. The van der Waals surface area contributed by atoms with Gasteiger partial charge in [0.25, 0.3) is 0 Å². The van der Waals surface area contributed by atoms with Crippen LogP contribution in [0, 0.1) is 5.82 Å². The lowest BCUT2D eigenvalue weighted by Gasteiger charge is -2.14. The van der Waals surface area contributed by atoms with Crippen molar-refractivity contribution < 1.29 is 35.5 Å². The van der Waals surface area contributed by atoms with Crippen molar-refractivity contribution in [2.45, 2.75) is 12.4 Å². The molecule has 0 aliphatic rings. The number of halogens is 7. The fourth-order valence-electron chi connectivity index (χ4n) is 1.13. The van der Waals surface area contributed by atoms with E-state index in [9.17, 15) is 35.5 Å². The minimum atomic E-state index is -5.30. The summed E-state index contributed by atoms with van der Waals surface area (Å²) in [6.45, 7) is 0. The third-order valence-corrected chi connectivity index (χ3v) is 1.84. The van der Waals surface area contributed by atoms with Crippen molar-refractivity contribution in [3.05, 3.63) is 34.6 Å². The van der Waals surface area contributed by atoms with Gasteiger partial charge < -0.3 is 0 Å². The van der Waals surface area contributed by atoms with Gasteiger partial charge in [-0.25, -0.2) is 4.39 Å². The lowest BCUT2D eigenvalue weighted by Crippen LogP contribution is -2.16. The highest BCUT2D eigenvalue weighted by atomic mass is 19.4. The van der Waals surface area contributed by atoms with E-state index in [1.165, 1.54) is 0 Å². The highest BCUT2D eigenvalue weighted by Gasteiger charge is 2.42. The summed E-state index contributed by atoms with van der Waals surface area (Å²) < 4.78 is 86.3. The Morgan fingerprint density at radius 2 is 1.24 bits per heavy atom. The molecule has 0 aliphatic carbocycles. The van der Waals surface area contributed by atoms with Crippen molar-refractivity contribution in [2.24, 2.45) is 0 Å². The van der Waals surface area contributed by atoms with E-state index in [1.54, 1.807) is 0 Å². The van der Waals surface area contributed by atoms with Gasteiger partial charge in [0, 0.05) is 5.56 Å². The first-order valence-electron chi connectivity index (χ1n) is 4.00. The Hall–Kier alpha value is -1.60. The molecule has 0 radical (unpaired) electrons. The number of benzene rings is 1. The summed E-state index contributed by atoms with van der Waals surface area (Å²) in [7, 11) is 0. The second kappa shape index (κ2) is 4.01. The fourth-order valence-corrected chi connectivity index (χ4v) is 1.13. The number of hydrogen-bond acceptors (Lipinski definition) is 1. The number of carbonyl (C=O) groups is 1. The number of hydrogen-bond donors (Lipinski definition) is 0. The molecule has 0 aliphatic heterocycles. The lowest BCUT2D eigenvalue weighted by atomic mass is 10.0. The van der Waals surface area contributed by atoms with Crippen LogP contribution < -0.4 is 0 Å². The Labute approximate surface area is 89.8 Å². The maximum atomic E-state index is 13.0. The molecule has 0 saturated carbocycles. The van der Waals surface area contributed by atoms with Gasteiger partial charge in [-0.1, -0.05) is 0 Å². The van der Waals surface area contributed by atoms with Gasteiger partial charge in [-0.2, -0.15) is 26.3 Å². The standard InChI is InChI=1S/C9H3F7O/c10-7-5(8(11,12)13)1-4(3-17)2-6(7)9(14,15)16/h1-3H. The molecule has 94 valence electrons. The van der Waals surface area contributed by atoms with Crippen LogP contribution in [0.15, 0.2) is 12.1 Å². The van der Waals surface area contributed by atoms with Gasteiger partial charge >= 0.3 is 12.4 Å². The first-order chi connectivity index (χ1) is 7.57. The molecule has 0 saturated heterocycles. The fraction of sp³-hybridized carbons (Fsp3) is 0.222. The van der Waals surface area contributed by atoms with E-state index in [-0.39, 0.29) is 18.4 Å². The largest absolute Gasteiger partial charge is 0.419 e. The summed E-state index contributed by atoms with van der Waals surface area (Å²) in [5, 5.41) is 0. The van der Waals surface area contributed by atoms with Gasteiger partial charge in [-0.05, 0) is 12.1 Å². The average Bonchev–Trinajstić information content (AvgIpc) is 2.14. The maximum Gasteiger partial charge on any atom is 0.419 e. The van der Waals surface area contributed by atoms with Crippen molar-refractivity contribution in [1.82, 2.24) is 0 Å². The second-order valence-electron chi connectivity index (χ2n) is 3.04. The predicted molar refractivity (Wildman–Crippen MR) is 41.8 cm³/mol. The lowest BCUT2D eigenvalue weighted by molar-refractivity contribution is -0.147. The topological polar surface area (TPSA) is 17.1 Å². The van der Waals surface area contributed by atoms with Crippen LogP contribution in [0.1, 0.15) is 21.5 Å². The Morgan fingerprint density at radius 1 is 0.882 bits per heavy atom. The van der Waals surface area contributed by atoms with Crippen LogP contribution in [0.25, 0.3) is 0 Å². The molecule has 1 nitrogen and oxygen atoms in total. The molecule has 0 atom stereocenters. The first kappa shape index (κ1) is 13.5. The first-order valence-corrected chi connectivity index (χ1v) is 4.00. The predicted octanol–water partition coefficient (Wildman–Crippen LogP) is 3.68. The molecule has 0 spiro atoms. The van der Waals surface area contributed by atoms with Gasteiger partial charge in [-0.3, -0.25) is 4.79 Å². The van der Waals surface area contributed by atoms with E-state index in [2.05, 4.69) is 0 Å². The minimum Gasteiger partial charge on any atom is -0.298 e. The molecule has 0 aromatic heterocycles. The minimum absolute atomic E-state index is 0.0254. The van der Waals surface area contributed by atoms with Crippen molar-refractivity contribution in [3.63, 3.8) is 0 Å². The van der Waals surface area contributed by atoms with Gasteiger partial charge in [-0.15, -0.1) is 0 Å². The quantitative estimate of drug-likeness (QED) is 0.556. The average molecular weight is 260 g/mol. The third-order valence-electron chi connectivity index (χ3n) is 1.84. The van der Waals surface area contributed by atoms with Crippen LogP contribution in [0.3, 0.4) is 0 Å². The highest BCUT2D eigenvalue weighted by molar-refractivity contribution is 5.75. The maximum absolute atomic E-state index is 13.0. The van der Waals surface area contributed by atoms with Crippen LogP contribution >= 0.6 is 0 Å². The van der Waals surface area contributed by atoms with E-state index in [4.69, 9.17) is 0 Å². The van der Waals surface area contributed by atoms with Crippen LogP contribution in [-0.4, -0.2) is 6.29 Å². The molecule has 0 fully saturated rings. The van der Waals surface area contributed by atoms with E-state index in [1.807, 2.05) is 0 Å². The summed E-state index contributed by atoms with van der Waals surface area (Å²) in [5.41, 5.74) is -5.13. The Balaban J connectivity index is 3.59. The van der Waals surface area contributed by atoms with Crippen molar-refractivity contribution >= 4 is 6.29 Å². The highest BCUT2D eigenvalue weighted by Crippen LogP contribution is 2.38. The van der Waals surface area contributed by atoms with Crippen LogP contribution in [0.2, 0.25) is 0 Å². The summed E-state index contributed by atoms with van der Waals surface area (Å²) >= 11 is 0.